The second kappa shape index (κ2) is 5.65. The first kappa shape index (κ1) is 15.2. The largest absolute Gasteiger partial charge is 0.369 e. The maximum Gasteiger partial charge on any atom is 0.201 e. The molecule has 1 heterocycles. The van der Waals surface area contributed by atoms with E-state index in [0.29, 0.717) is 11.5 Å². The molecule has 2 aromatic rings. The average molecular weight is 313 g/mol. The number of hydrogen-bond donors (Lipinski definition) is 1. The van der Waals surface area contributed by atoms with E-state index in [9.17, 15) is 8.42 Å². The van der Waals surface area contributed by atoms with E-state index >= 15 is 0 Å². The summed E-state index contributed by atoms with van der Waals surface area (Å²) in [6, 6.07) is 5.33. The number of nitrogen functional groups attached to an aromatic ring is 1. The highest BCUT2D eigenvalue weighted by atomic mass is 32.2. The zero-order chi connectivity index (χ0) is 14.9. The summed E-state index contributed by atoms with van der Waals surface area (Å²) in [5.41, 5.74) is 7.22. The third-order valence-corrected chi connectivity index (χ3v) is 5.37. The third-order valence-electron chi connectivity index (χ3n) is 3.11. The molecule has 0 aliphatic rings. The van der Waals surface area contributed by atoms with Crippen molar-refractivity contribution in [2.45, 2.75) is 24.8 Å². The van der Waals surface area contributed by atoms with E-state index in [1.54, 1.807) is 12.1 Å². The third kappa shape index (κ3) is 2.78. The predicted octanol–water partition coefficient (Wildman–Crippen LogP) is 2.34. The first-order valence-electron chi connectivity index (χ1n) is 6.40. The van der Waals surface area contributed by atoms with Gasteiger partial charge in [0.15, 0.2) is 9.84 Å². The molecular weight excluding hydrogens is 294 g/mol. The summed E-state index contributed by atoms with van der Waals surface area (Å²) in [7, 11) is -3.31. The molecule has 0 radical (unpaired) electrons. The van der Waals surface area contributed by atoms with Crippen LogP contribution in [0.25, 0.3) is 11.0 Å². The summed E-state index contributed by atoms with van der Waals surface area (Å²) in [6.45, 7) is 4.17. The molecule has 110 valence electrons. The van der Waals surface area contributed by atoms with E-state index in [1.807, 2.05) is 22.4 Å². The van der Waals surface area contributed by atoms with Crippen molar-refractivity contribution >= 4 is 38.6 Å². The summed E-state index contributed by atoms with van der Waals surface area (Å²) < 4.78 is 25.5. The smallest absolute Gasteiger partial charge is 0.201 e. The van der Waals surface area contributed by atoms with Crippen molar-refractivity contribution < 1.29 is 8.42 Å². The van der Waals surface area contributed by atoms with Crippen molar-refractivity contribution in [1.29, 1.82) is 0 Å². The van der Waals surface area contributed by atoms with Crippen molar-refractivity contribution in [2.75, 3.05) is 23.5 Å². The molecule has 1 aromatic heterocycles. The number of rotatable bonds is 5. The monoisotopic (exact) mass is 313 g/mol. The number of benzene rings is 1. The lowest BCUT2D eigenvalue weighted by Crippen LogP contribution is -2.11. The second-order valence-corrected chi connectivity index (χ2v) is 8.05. The number of imidazole rings is 1. The Kier molecular flexibility index (Phi) is 4.29. The van der Waals surface area contributed by atoms with Gasteiger partial charge in [-0.1, -0.05) is 13.0 Å². The molecule has 20 heavy (non-hydrogen) atoms. The molecule has 5 nitrogen and oxygen atoms in total. The first-order chi connectivity index (χ1) is 9.36. The Morgan fingerprint density at radius 3 is 2.75 bits per heavy atom. The van der Waals surface area contributed by atoms with Crippen LogP contribution in [0.15, 0.2) is 23.1 Å². The van der Waals surface area contributed by atoms with Gasteiger partial charge in [-0.2, -0.15) is 11.8 Å². The van der Waals surface area contributed by atoms with E-state index in [1.165, 1.54) is 6.26 Å². The SMILES string of the molecule is CCSCC(C)n1c(N)nc2c(S(C)(=O)=O)cccc21. The molecule has 0 saturated carbocycles. The van der Waals surface area contributed by atoms with Gasteiger partial charge in [-0.15, -0.1) is 0 Å². The molecule has 0 amide bonds. The minimum atomic E-state index is -3.31. The van der Waals surface area contributed by atoms with Crippen LogP contribution in [0.3, 0.4) is 0 Å². The number of sulfone groups is 1. The van der Waals surface area contributed by atoms with Crippen LogP contribution in [0.4, 0.5) is 5.95 Å². The summed E-state index contributed by atoms with van der Waals surface area (Å²) in [5, 5.41) is 0. The number of fused-ring (bicyclic) bond motifs is 1. The van der Waals surface area contributed by atoms with Gasteiger partial charge in [0.25, 0.3) is 0 Å². The molecule has 7 heteroatoms. The lowest BCUT2D eigenvalue weighted by Gasteiger charge is -2.15. The number of thioether (sulfide) groups is 1. The molecule has 0 spiro atoms. The molecule has 1 atom stereocenters. The number of aromatic nitrogens is 2. The minimum absolute atomic E-state index is 0.166. The van der Waals surface area contributed by atoms with Gasteiger partial charge in [0.2, 0.25) is 5.95 Å². The Bertz CT molecular complexity index is 723. The molecule has 0 aliphatic heterocycles. The maximum atomic E-state index is 11.8. The van der Waals surface area contributed by atoms with E-state index in [-0.39, 0.29) is 10.9 Å². The van der Waals surface area contributed by atoms with Crippen molar-refractivity contribution in [3.8, 4) is 0 Å². The van der Waals surface area contributed by atoms with Gasteiger partial charge in [-0.25, -0.2) is 13.4 Å². The van der Waals surface area contributed by atoms with E-state index < -0.39 is 9.84 Å². The van der Waals surface area contributed by atoms with Gasteiger partial charge in [-0.05, 0) is 24.8 Å². The summed E-state index contributed by atoms with van der Waals surface area (Å²) in [4.78, 5) is 4.49. The van der Waals surface area contributed by atoms with Crippen LogP contribution in [0.2, 0.25) is 0 Å². The van der Waals surface area contributed by atoms with Crippen molar-refractivity contribution in [2.24, 2.45) is 0 Å². The number of nitrogens with zero attached hydrogens (tertiary/aromatic N) is 2. The minimum Gasteiger partial charge on any atom is -0.369 e. The van der Waals surface area contributed by atoms with Crippen LogP contribution in [0.5, 0.6) is 0 Å². The maximum absolute atomic E-state index is 11.8. The molecule has 0 fully saturated rings. The van der Waals surface area contributed by atoms with Crippen LogP contribution < -0.4 is 5.73 Å². The first-order valence-corrected chi connectivity index (χ1v) is 9.45. The molecule has 0 saturated heterocycles. The quantitative estimate of drug-likeness (QED) is 0.916. The van der Waals surface area contributed by atoms with Crippen LogP contribution in [-0.2, 0) is 9.84 Å². The Labute approximate surface area is 123 Å². The Morgan fingerprint density at radius 2 is 2.15 bits per heavy atom. The lowest BCUT2D eigenvalue weighted by atomic mass is 10.3. The van der Waals surface area contributed by atoms with Crippen LogP contribution in [0.1, 0.15) is 19.9 Å². The Balaban J connectivity index is 2.61. The zero-order valence-corrected chi connectivity index (χ0v) is 13.5. The van der Waals surface area contributed by atoms with Crippen LogP contribution in [-0.4, -0.2) is 35.7 Å². The van der Waals surface area contributed by atoms with Gasteiger partial charge >= 0.3 is 0 Å². The van der Waals surface area contributed by atoms with Crippen LogP contribution in [0, 0.1) is 0 Å². The summed E-state index contributed by atoms with van der Waals surface area (Å²) in [6.07, 6.45) is 1.19. The summed E-state index contributed by atoms with van der Waals surface area (Å²) >= 11 is 1.82. The average Bonchev–Trinajstić information content (AvgIpc) is 2.70. The van der Waals surface area contributed by atoms with Gasteiger partial charge in [0.05, 0.1) is 10.4 Å². The Morgan fingerprint density at radius 1 is 1.45 bits per heavy atom. The number of anilines is 1. The standard InChI is InChI=1S/C13H19N3O2S2/c1-4-19-8-9(2)16-10-6-5-7-11(20(3,17)18)12(10)15-13(16)14/h5-7,9H,4,8H2,1-3H3,(H2,14,15). The van der Waals surface area contributed by atoms with Gasteiger partial charge in [-0.3, -0.25) is 0 Å². The van der Waals surface area contributed by atoms with Crippen molar-refractivity contribution in [3.63, 3.8) is 0 Å². The van der Waals surface area contributed by atoms with E-state index in [4.69, 9.17) is 5.73 Å². The molecule has 1 aromatic carbocycles. The van der Waals surface area contributed by atoms with E-state index in [0.717, 1.165) is 17.0 Å². The topological polar surface area (TPSA) is 78.0 Å². The fraction of sp³-hybridized carbons (Fsp3) is 0.462. The number of nitrogens with two attached hydrogens (primary N) is 1. The van der Waals surface area contributed by atoms with Gasteiger partial charge in [0.1, 0.15) is 5.52 Å². The molecule has 2 rings (SSSR count). The molecule has 2 N–H and O–H groups in total. The number of hydrogen-bond acceptors (Lipinski definition) is 5. The molecule has 0 aliphatic carbocycles. The Hall–Kier alpha value is -1.21. The fourth-order valence-corrected chi connectivity index (χ4v) is 3.79. The predicted molar refractivity (Wildman–Crippen MR) is 85.0 cm³/mol. The molecule has 0 bridgehead atoms. The summed E-state index contributed by atoms with van der Waals surface area (Å²) in [5.74, 6) is 2.31. The lowest BCUT2D eigenvalue weighted by molar-refractivity contribution is 0.602. The highest BCUT2D eigenvalue weighted by Gasteiger charge is 2.19. The van der Waals surface area contributed by atoms with Crippen molar-refractivity contribution in [3.05, 3.63) is 18.2 Å². The van der Waals surface area contributed by atoms with E-state index in [2.05, 4.69) is 18.8 Å². The zero-order valence-electron chi connectivity index (χ0n) is 11.8. The van der Waals surface area contributed by atoms with Gasteiger partial charge < -0.3 is 10.3 Å². The molecular formula is C13H19N3O2S2. The van der Waals surface area contributed by atoms with Crippen LogP contribution >= 0.6 is 11.8 Å². The fourth-order valence-electron chi connectivity index (χ4n) is 2.23. The second-order valence-electron chi connectivity index (χ2n) is 4.74. The highest BCUT2D eigenvalue weighted by molar-refractivity contribution is 7.99. The van der Waals surface area contributed by atoms with Crippen molar-refractivity contribution in [1.82, 2.24) is 9.55 Å². The normalized spacial score (nSPS) is 13.8. The number of para-hydroxylation sites is 1. The van der Waals surface area contributed by atoms with Gasteiger partial charge in [0, 0.05) is 18.1 Å². The molecule has 1 unspecified atom stereocenters. The highest BCUT2D eigenvalue weighted by Crippen LogP contribution is 2.28.